The summed E-state index contributed by atoms with van der Waals surface area (Å²) in [6.45, 7) is 1.50. The smallest absolute Gasteiger partial charge is 0.409 e. The second-order valence-electron chi connectivity index (χ2n) is 9.06. The molecule has 0 amide bonds. The van der Waals surface area contributed by atoms with E-state index in [9.17, 15) is 43.2 Å². The third-order valence-electron chi connectivity index (χ3n) is 5.50. The van der Waals surface area contributed by atoms with Gasteiger partial charge in [-0.1, -0.05) is 22.9 Å². The van der Waals surface area contributed by atoms with Crippen molar-refractivity contribution in [3.05, 3.63) is 89.6 Å². The summed E-state index contributed by atoms with van der Waals surface area (Å²) in [4.78, 5) is 3.67. The summed E-state index contributed by atoms with van der Waals surface area (Å²) in [6, 6.07) is 9.22. The largest absolute Gasteiger partial charge is 0.416 e. The lowest BCUT2D eigenvalue weighted by molar-refractivity contribution is -0.138. The number of alkyl halides is 6. The number of hydrazine groups is 1. The van der Waals surface area contributed by atoms with Crippen LogP contribution in [0.1, 0.15) is 23.6 Å². The maximum absolute atomic E-state index is 13.2. The molecular weight excluding hydrogens is 658 g/mol. The number of nitrogens with two attached hydrogens (primary N) is 1. The maximum Gasteiger partial charge on any atom is 0.416 e. The monoisotopic (exact) mass is 682 g/mol. The molecule has 0 saturated carbocycles. The normalized spacial score (nSPS) is 14.2. The van der Waals surface area contributed by atoms with Gasteiger partial charge in [0.1, 0.15) is 5.84 Å². The van der Waals surface area contributed by atoms with Crippen LogP contribution in [-0.2, 0) is 37.2 Å². The first-order valence-electron chi connectivity index (χ1n) is 12.1. The molecule has 12 nitrogen and oxygen atoms in total. The molecule has 3 aromatic rings. The Labute approximate surface area is 252 Å². The number of anilines is 2. The highest BCUT2D eigenvalue weighted by molar-refractivity contribution is 7.93. The van der Waals surface area contributed by atoms with Crippen molar-refractivity contribution in [2.75, 3.05) is 16.5 Å². The Bertz CT molecular complexity index is 1830. The van der Waals surface area contributed by atoms with Crippen LogP contribution >= 0.6 is 0 Å². The van der Waals surface area contributed by atoms with Gasteiger partial charge in [-0.25, -0.2) is 16.8 Å². The fourth-order valence-corrected chi connectivity index (χ4v) is 5.68. The SMILES string of the molecule is CC(N)=NO.CN1C=C(c2ccc(NS(=O)(=O)c3cccc(C(F)(F)F)c3)c(NS(=O)(=O)c3cccc(C(F)(F)F)c3)c2)ON1. The van der Waals surface area contributed by atoms with Gasteiger partial charge in [0, 0.05) is 12.6 Å². The highest BCUT2D eigenvalue weighted by Gasteiger charge is 2.33. The Morgan fingerprint density at radius 2 is 1.31 bits per heavy atom. The van der Waals surface area contributed by atoms with Crippen molar-refractivity contribution < 1.29 is 53.2 Å². The lowest BCUT2D eigenvalue weighted by Gasteiger charge is -2.17. The van der Waals surface area contributed by atoms with Crippen LogP contribution in [0.2, 0.25) is 0 Å². The van der Waals surface area contributed by atoms with Crippen molar-refractivity contribution in [3.8, 4) is 0 Å². The fraction of sp³-hybridized carbons (Fsp3) is 0.160. The maximum atomic E-state index is 13.2. The number of amidine groups is 1. The molecule has 6 N–H and O–H groups in total. The van der Waals surface area contributed by atoms with E-state index in [4.69, 9.17) is 15.8 Å². The molecule has 45 heavy (non-hydrogen) atoms. The van der Waals surface area contributed by atoms with Gasteiger partial charge in [0.05, 0.1) is 38.5 Å². The minimum atomic E-state index is -4.84. The topological polar surface area (TPSA) is 175 Å². The van der Waals surface area contributed by atoms with Gasteiger partial charge >= 0.3 is 12.4 Å². The molecule has 0 bridgehead atoms. The van der Waals surface area contributed by atoms with Crippen LogP contribution in [0.3, 0.4) is 0 Å². The molecule has 1 aliphatic rings. The predicted octanol–water partition coefficient (Wildman–Crippen LogP) is 4.76. The summed E-state index contributed by atoms with van der Waals surface area (Å²) >= 11 is 0. The standard InChI is InChI=1S/C23H18F6N4O5S2.C2H6N2O/c1-33-13-21(38-32-33)14-8-9-19(30-39(34,35)17-6-2-4-15(11-17)22(24,25)26)20(10-14)31-40(36,37)18-7-3-5-16(12-18)23(27,28)29;1-2(3)4-5/h2-13,30-32H,1H3;5H,1H3,(H2,3,4). The van der Waals surface area contributed by atoms with E-state index in [1.165, 1.54) is 24.2 Å². The summed E-state index contributed by atoms with van der Waals surface area (Å²) < 4.78 is 135. The number of oxime groups is 1. The van der Waals surface area contributed by atoms with Crippen LogP contribution in [0.4, 0.5) is 37.7 Å². The molecule has 0 spiro atoms. The zero-order chi connectivity index (χ0) is 33.8. The molecule has 1 aliphatic heterocycles. The molecule has 3 aromatic carbocycles. The summed E-state index contributed by atoms with van der Waals surface area (Å²) in [5.41, 5.74) is 4.10. The van der Waals surface area contributed by atoms with Gasteiger partial charge in [0.15, 0.2) is 5.76 Å². The number of nitrogens with zero attached hydrogens (tertiary/aromatic N) is 2. The first-order chi connectivity index (χ1) is 20.7. The van der Waals surface area contributed by atoms with Crippen LogP contribution in [0.5, 0.6) is 0 Å². The second kappa shape index (κ2) is 13.1. The van der Waals surface area contributed by atoms with Gasteiger partial charge in [-0.3, -0.25) is 14.5 Å². The Hall–Kier alpha value is -4.69. The predicted molar refractivity (Wildman–Crippen MR) is 150 cm³/mol. The first-order valence-corrected chi connectivity index (χ1v) is 15.1. The van der Waals surface area contributed by atoms with Gasteiger partial charge in [-0.15, -0.1) is 0 Å². The van der Waals surface area contributed by atoms with E-state index in [1.54, 1.807) is 7.05 Å². The van der Waals surface area contributed by atoms with Crippen LogP contribution in [0.25, 0.3) is 5.76 Å². The van der Waals surface area contributed by atoms with E-state index in [2.05, 4.69) is 10.7 Å². The Morgan fingerprint density at radius 3 is 1.71 bits per heavy atom. The highest BCUT2D eigenvalue weighted by atomic mass is 32.2. The Balaban J connectivity index is 0.00000102. The summed E-state index contributed by atoms with van der Waals surface area (Å²) in [5.74, 6) is 0.347. The fourth-order valence-electron chi connectivity index (χ4n) is 3.44. The number of rotatable bonds is 7. The van der Waals surface area contributed by atoms with Gasteiger partial charge in [-0.2, -0.15) is 26.3 Å². The first kappa shape index (κ1) is 34.8. The minimum absolute atomic E-state index is 0.161. The average Bonchev–Trinajstić information content (AvgIpc) is 3.39. The van der Waals surface area contributed by atoms with Crippen molar-refractivity contribution in [2.45, 2.75) is 29.1 Å². The van der Waals surface area contributed by atoms with Crippen LogP contribution < -0.4 is 20.8 Å². The van der Waals surface area contributed by atoms with Crippen molar-refractivity contribution in [3.63, 3.8) is 0 Å². The number of halogens is 6. The van der Waals surface area contributed by atoms with Crippen LogP contribution in [-0.4, -0.2) is 39.9 Å². The Kier molecular flexibility index (Phi) is 10.1. The average molecular weight is 683 g/mol. The summed E-state index contributed by atoms with van der Waals surface area (Å²) in [5, 5.41) is 11.6. The molecule has 0 fully saturated rings. The van der Waals surface area contributed by atoms with Crippen LogP contribution in [0.15, 0.2) is 87.9 Å². The minimum Gasteiger partial charge on any atom is -0.409 e. The van der Waals surface area contributed by atoms with Crippen molar-refractivity contribution >= 4 is 43.0 Å². The lowest BCUT2D eigenvalue weighted by atomic mass is 10.1. The number of hydrogen-bond donors (Lipinski definition) is 5. The van der Waals surface area contributed by atoms with Gasteiger partial charge in [-0.05, 0) is 61.5 Å². The molecule has 20 heteroatoms. The number of sulfonamides is 2. The third kappa shape index (κ3) is 9.16. The number of hydrogen-bond acceptors (Lipinski definition) is 9. The third-order valence-corrected chi connectivity index (χ3v) is 8.23. The van der Waals surface area contributed by atoms with Gasteiger partial charge in [0.2, 0.25) is 0 Å². The van der Waals surface area contributed by atoms with E-state index in [0.717, 1.165) is 36.4 Å². The molecule has 1 heterocycles. The Morgan fingerprint density at radius 1 is 0.844 bits per heavy atom. The molecule has 0 aromatic heterocycles. The molecule has 0 atom stereocenters. The summed E-state index contributed by atoms with van der Waals surface area (Å²) in [6.07, 6.45) is -8.23. The lowest BCUT2D eigenvalue weighted by Crippen LogP contribution is -2.22. The second-order valence-corrected chi connectivity index (χ2v) is 12.4. The molecule has 0 aliphatic carbocycles. The van der Waals surface area contributed by atoms with Gasteiger partial charge < -0.3 is 15.8 Å². The van der Waals surface area contributed by atoms with E-state index in [-0.39, 0.29) is 17.2 Å². The van der Waals surface area contributed by atoms with Crippen molar-refractivity contribution in [1.29, 1.82) is 0 Å². The van der Waals surface area contributed by atoms with Crippen LogP contribution in [0, 0.1) is 0 Å². The molecule has 244 valence electrons. The quantitative estimate of drug-likeness (QED) is 0.0774. The van der Waals surface area contributed by atoms with E-state index in [0.29, 0.717) is 24.3 Å². The molecule has 0 saturated heterocycles. The molecule has 0 radical (unpaired) electrons. The van der Waals surface area contributed by atoms with Crippen molar-refractivity contribution in [1.82, 2.24) is 10.6 Å². The zero-order valence-corrected chi connectivity index (χ0v) is 24.6. The number of nitrogens with one attached hydrogen (secondary N) is 3. The van der Waals surface area contributed by atoms with Gasteiger partial charge in [0.25, 0.3) is 20.0 Å². The van der Waals surface area contributed by atoms with E-state index in [1.807, 2.05) is 9.44 Å². The van der Waals surface area contributed by atoms with E-state index >= 15 is 0 Å². The molecule has 4 rings (SSSR count). The summed E-state index contributed by atoms with van der Waals surface area (Å²) in [7, 11) is -7.87. The van der Waals surface area contributed by atoms with E-state index < -0.39 is 64.7 Å². The number of benzene rings is 3. The van der Waals surface area contributed by atoms with Crippen molar-refractivity contribution in [2.24, 2.45) is 10.9 Å². The molecular formula is C25H24F6N6O6S2. The zero-order valence-electron chi connectivity index (χ0n) is 23.0. The molecule has 0 unspecified atom stereocenters. The highest BCUT2D eigenvalue weighted by Crippen LogP contribution is 2.35.